The Morgan fingerprint density at radius 3 is 2.71 bits per heavy atom. The van der Waals surface area contributed by atoms with Crippen LogP contribution < -0.4 is 5.32 Å². The first-order chi connectivity index (χ1) is 6.65. The minimum atomic E-state index is 0.417. The van der Waals surface area contributed by atoms with Crippen molar-refractivity contribution in [3.63, 3.8) is 0 Å². The highest BCUT2D eigenvalue weighted by molar-refractivity contribution is 5.39. The zero-order valence-electron chi connectivity index (χ0n) is 8.70. The van der Waals surface area contributed by atoms with Gasteiger partial charge >= 0.3 is 0 Å². The maximum absolute atomic E-state index is 8.75. The van der Waals surface area contributed by atoms with E-state index in [1.165, 1.54) is 0 Å². The van der Waals surface area contributed by atoms with E-state index in [4.69, 9.17) is 5.26 Å². The molecule has 1 heterocycles. The van der Waals surface area contributed by atoms with Crippen LogP contribution in [0.3, 0.4) is 0 Å². The second-order valence-corrected chi connectivity index (χ2v) is 3.51. The molecule has 0 unspecified atom stereocenters. The lowest BCUT2D eigenvalue weighted by molar-refractivity contribution is 0.620. The van der Waals surface area contributed by atoms with Crippen molar-refractivity contribution in [2.45, 2.75) is 20.3 Å². The topological polar surface area (TPSA) is 61.6 Å². The molecule has 14 heavy (non-hydrogen) atoms. The predicted octanol–water partition coefficient (Wildman–Crippen LogP) is 1.59. The van der Waals surface area contributed by atoms with Gasteiger partial charge in [0, 0.05) is 19.5 Å². The molecule has 0 aliphatic carbocycles. The molecule has 4 heteroatoms. The largest absolute Gasteiger partial charge is 0.373 e. The molecule has 0 atom stereocenters. The van der Waals surface area contributed by atoms with E-state index in [2.05, 4.69) is 29.1 Å². The molecule has 0 saturated heterocycles. The second kappa shape index (κ2) is 4.56. The molecule has 0 aromatic carbocycles. The summed E-state index contributed by atoms with van der Waals surface area (Å²) in [5, 5.41) is 11.7. The Morgan fingerprint density at radius 1 is 1.50 bits per heavy atom. The van der Waals surface area contributed by atoms with Crippen LogP contribution in [0.5, 0.6) is 0 Å². The normalized spacial score (nSPS) is 9.93. The molecular formula is C10H14N4. The molecule has 0 fully saturated rings. The third kappa shape index (κ3) is 2.70. The first-order valence-electron chi connectivity index (χ1n) is 4.61. The van der Waals surface area contributed by atoms with E-state index in [1.807, 2.05) is 6.07 Å². The molecule has 0 spiro atoms. The summed E-state index contributed by atoms with van der Waals surface area (Å²) >= 11 is 0. The minimum Gasteiger partial charge on any atom is -0.373 e. The van der Waals surface area contributed by atoms with Crippen molar-refractivity contribution in [1.82, 2.24) is 9.97 Å². The molecular weight excluding hydrogens is 176 g/mol. The first kappa shape index (κ1) is 10.5. The summed E-state index contributed by atoms with van der Waals surface area (Å²) in [6, 6.07) is 3.67. The van der Waals surface area contributed by atoms with E-state index < -0.39 is 0 Å². The quantitative estimate of drug-likeness (QED) is 0.786. The van der Waals surface area contributed by atoms with Gasteiger partial charge in [-0.15, -0.1) is 0 Å². The maximum atomic E-state index is 8.75. The molecule has 74 valence electrons. The van der Waals surface area contributed by atoms with Gasteiger partial charge in [0.2, 0.25) is 0 Å². The van der Waals surface area contributed by atoms with E-state index >= 15 is 0 Å². The molecule has 0 aliphatic heterocycles. The Labute approximate surface area is 84.0 Å². The monoisotopic (exact) mass is 190 g/mol. The van der Waals surface area contributed by atoms with E-state index in [0.717, 1.165) is 12.2 Å². The SMILES string of the molecule is CNc1cc(C#N)nc(CC(C)C)n1. The fraction of sp³-hybridized carbons (Fsp3) is 0.500. The first-order valence-corrected chi connectivity index (χ1v) is 4.61. The van der Waals surface area contributed by atoms with Crippen molar-refractivity contribution >= 4 is 5.82 Å². The van der Waals surface area contributed by atoms with E-state index in [0.29, 0.717) is 17.4 Å². The Balaban J connectivity index is 3.00. The smallest absolute Gasteiger partial charge is 0.146 e. The third-order valence-corrected chi connectivity index (χ3v) is 1.73. The predicted molar refractivity (Wildman–Crippen MR) is 54.8 cm³/mol. The van der Waals surface area contributed by atoms with Gasteiger partial charge in [0.15, 0.2) is 0 Å². The van der Waals surface area contributed by atoms with E-state index in [-0.39, 0.29) is 0 Å². The molecule has 4 nitrogen and oxygen atoms in total. The number of nitrogens with zero attached hydrogens (tertiary/aromatic N) is 3. The summed E-state index contributed by atoms with van der Waals surface area (Å²) in [7, 11) is 1.78. The van der Waals surface area contributed by atoms with Gasteiger partial charge in [-0.25, -0.2) is 9.97 Å². The molecule has 0 amide bonds. The standard InChI is InChI=1S/C10H14N4/c1-7(2)4-10-13-8(6-11)5-9(12-3)14-10/h5,7H,4H2,1-3H3,(H,12,13,14). The Kier molecular flexibility index (Phi) is 3.41. The highest BCUT2D eigenvalue weighted by Gasteiger charge is 2.05. The lowest BCUT2D eigenvalue weighted by Gasteiger charge is -2.05. The van der Waals surface area contributed by atoms with Crippen LogP contribution >= 0.6 is 0 Å². The zero-order valence-corrected chi connectivity index (χ0v) is 8.70. The molecule has 0 bridgehead atoms. The second-order valence-electron chi connectivity index (χ2n) is 3.51. The van der Waals surface area contributed by atoms with Crippen LogP contribution in [0.1, 0.15) is 25.4 Å². The van der Waals surface area contributed by atoms with Crippen LogP contribution in [0.4, 0.5) is 5.82 Å². The summed E-state index contributed by atoms with van der Waals surface area (Å²) in [6.45, 7) is 4.20. The fourth-order valence-corrected chi connectivity index (χ4v) is 1.14. The molecule has 1 aromatic rings. The molecule has 0 saturated carbocycles. The van der Waals surface area contributed by atoms with Crippen LogP contribution in [-0.2, 0) is 6.42 Å². The van der Waals surface area contributed by atoms with E-state index in [9.17, 15) is 0 Å². The van der Waals surface area contributed by atoms with Crippen molar-refractivity contribution in [3.05, 3.63) is 17.6 Å². The summed E-state index contributed by atoms with van der Waals surface area (Å²) in [5.41, 5.74) is 0.417. The van der Waals surface area contributed by atoms with Crippen LogP contribution in [-0.4, -0.2) is 17.0 Å². The highest BCUT2D eigenvalue weighted by Crippen LogP contribution is 2.08. The number of rotatable bonds is 3. The molecule has 1 N–H and O–H groups in total. The van der Waals surface area contributed by atoms with E-state index in [1.54, 1.807) is 13.1 Å². The summed E-state index contributed by atoms with van der Waals surface area (Å²) in [5.74, 6) is 1.92. The zero-order chi connectivity index (χ0) is 10.6. The van der Waals surface area contributed by atoms with Gasteiger partial charge in [-0.3, -0.25) is 0 Å². The molecule has 1 aromatic heterocycles. The fourth-order valence-electron chi connectivity index (χ4n) is 1.14. The minimum absolute atomic E-state index is 0.417. The lowest BCUT2D eigenvalue weighted by atomic mass is 10.1. The number of anilines is 1. The van der Waals surface area contributed by atoms with Gasteiger partial charge in [-0.2, -0.15) is 5.26 Å². The number of nitrogens with one attached hydrogen (secondary N) is 1. The average Bonchev–Trinajstić information content (AvgIpc) is 2.16. The molecule has 1 rings (SSSR count). The summed E-state index contributed by atoms with van der Waals surface area (Å²) in [4.78, 5) is 8.39. The average molecular weight is 190 g/mol. The van der Waals surface area contributed by atoms with Gasteiger partial charge in [-0.05, 0) is 5.92 Å². The van der Waals surface area contributed by atoms with Crippen molar-refractivity contribution in [2.75, 3.05) is 12.4 Å². The van der Waals surface area contributed by atoms with Gasteiger partial charge in [0.05, 0.1) is 0 Å². The molecule has 0 radical (unpaired) electrons. The summed E-state index contributed by atoms with van der Waals surface area (Å²) in [6.07, 6.45) is 0.796. The number of hydrogen-bond acceptors (Lipinski definition) is 4. The van der Waals surface area contributed by atoms with Crippen molar-refractivity contribution in [1.29, 1.82) is 5.26 Å². The van der Waals surface area contributed by atoms with Gasteiger partial charge in [-0.1, -0.05) is 13.8 Å². The Bertz CT molecular complexity index is 352. The maximum Gasteiger partial charge on any atom is 0.146 e. The van der Waals surface area contributed by atoms with Crippen molar-refractivity contribution in [2.24, 2.45) is 5.92 Å². The van der Waals surface area contributed by atoms with Crippen molar-refractivity contribution in [3.8, 4) is 6.07 Å². The Morgan fingerprint density at radius 2 is 2.21 bits per heavy atom. The lowest BCUT2D eigenvalue weighted by Crippen LogP contribution is -2.05. The van der Waals surface area contributed by atoms with Crippen LogP contribution in [0.25, 0.3) is 0 Å². The van der Waals surface area contributed by atoms with Crippen LogP contribution in [0.2, 0.25) is 0 Å². The Hall–Kier alpha value is -1.63. The van der Waals surface area contributed by atoms with Gasteiger partial charge in [0.1, 0.15) is 23.4 Å². The van der Waals surface area contributed by atoms with Crippen molar-refractivity contribution < 1.29 is 0 Å². The van der Waals surface area contributed by atoms with Crippen LogP contribution in [0.15, 0.2) is 6.07 Å². The number of aromatic nitrogens is 2. The molecule has 0 aliphatic rings. The van der Waals surface area contributed by atoms with Gasteiger partial charge in [0.25, 0.3) is 0 Å². The van der Waals surface area contributed by atoms with Crippen LogP contribution in [0, 0.1) is 17.2 Å². The highest BCUT2D eigenvalue weighted by atomic mass is 15.0. The number of nitriles is 1. The van der Waals surface area contributed by atoms with Gasteiger partial charge < -0.3 is 5.32 Å². The summed E-state index contributed by atoms with van der Waals surface area (Å²) < 4.78 is 0. The number of hydrogen-bond donors (Lipinski definition) is 1. The third-order valence-electron chi connectivity index (χ3n) is 1.73.